The van der Waals surface area contributed by atoms with Crippen molar-refractivity contribution in [1.29, 1.82) is 0 Å². The first-order valence-electron chi connectivity index (χ1n) is 9.48. The van der Waals surface area contributed by atoms with E-state index >= 15 is 0 Å². The molecule has 1 aromatic carbocycles. The first-order chi connectivity index (χ1) is 13.1. The van der Waals surface area contributed by atoms with Gasteiger partial charge in [-0.2, -0.15) is 0 Å². The smallest absolute Gasteiger partial charge is 0.312 e. The molecule has 27 heavy (non-hydrogen) atoms. The number of piperazine rings is 2. The highest BCUT2D eigenvalue weighted by Crippen LogP contribution is 2.32. The van der Waals surface area contributed by atoms with E-state index in [2.05, 4.69) is 9.80 Å². The second-order valence-corrected chi connectivity index (χ2v) is 7.35. The van der Waals surface area contributed by atoms with Crippen molar-refractivity contribution in [1.82, 2.24) is 19.6 Å². The van der Waals surface area contributed by atoms with Crippen LogP contribution in [0, 0.1) is 0 Å². The van der Waals surface area contributed by atoms with E-state index in [-0.39, 0.29) is 18.6 Å². The summed E-state index contributed by atoms with van der Waals surface area (Å²) >= 11 is 0. The summed E-state index contributed by atoms with van der Waals surface area (Å²) in [6.45, 7) is 6.67. The Morgan fingerprint density at radius 1 is 0.852 bits per heavy atom. The molecule has 3 aliphatic heterocycles. The Morgan fingerprint density at radius 2 is 1.44 bits per heavy atom. The average molecular weight is 374 g/mol. The molecular formula is C19H26N4O4. The van der Waals surface area contributed by atoms with Crippen LogP contribution in [0.2, 0.25) is 0 Å². The summed E-state index contributed by atoms with van der Waals surface area (Å²) in [7, 11) is 2.03. The van der Waals surface area contributed by atoms with E-state index < -0.39 is 0 Å². The molecule has 0 saturated carbocycles. The summed E-state index contributed by atoms with van der Waals surface area (Å²) in [6, 6.07) is 5.99. The summed E-state index contributed by atoms with van der Waals surface area (Å²) in [4.78, 5) is 32.8. The highest BCUT2D eigenvalue weighted by Gasteiger charge is 2.30. The molecule has 0 atom stereocenters. The standard InChI is InChI=1S/C19H26N4O4/c1-20-4-8-22(9-5-20)18(24)19(25)23-10-6-21(7-11-23)13-15-2-3-16-17(12-15)27-14-26-16/h2-3,12H,4-11,13-14H2,1H3. The number of amides is 2. The highest BCUT2D eigenvalue weighted by atomic mass is 16.7. The first kappa shape index (κ1) is 18.1. The van der Waals surface area contributed by atoms with Crippen LogP contribution in [0.3, 0.4) is 0 Å². The zero-order valence-corrected chi connectivity index (χ0v) is 15.7. The number of carbonyl (C=O) groups is 2. The molecule has 1 aromatic rings. The molecule has 3 aliphatic rings. The van der Waals surface area contributed by atoms with Crippen molar-refractivity contribution in [2.45, 2.75) is 6.54 Å². The average Bonchev–Trinajstić information content (AvgIpc) is 3.16. The van der Waals surface area contributed by atoms with E-state index in [9.17, 15) is 9.59 Å². The molecule has 0 N–H and O–H groups in total. The van der Waals surface area contributed by atoms with Crippen LogP contribution in [-0.4, -0.2) is 97.6 Å². The van der Waals surface area contributed by atoms with Crippen molar-refractivity contribution in [2.24, 2.45) is 0 Å². The Morgan fingerprint density at radius 3 is 2.11 bits per heavy atom. The van der Waals surface area contributed by atoms with Crippen LogP contribution in [0.25, 0.3) is 0 Å². The van der Waals surface area contributed by atoms with Crippen LogP contribution in [0.15, 0.2) is 18.2 Å². The maximum Gasteiger partial charge on any atom is 0.312 e. The van der Waals surface area contributed by atoms with E-state index in [0.717, 1.165) is 49.8 Å². The van der Waals surface area contributed by atoms with Crippen LogP contribution in [0.4, 0.5) is 0 Å². The van der Waals surface area contributed by atoms with E-state index in [1.54, 1.807) is 9.80 Å². The lowest BCUT2D eigenvalue weighted by Crippen LogP contribution is -2.55. The maximum atomic E-state index is 12.5. The van der Waals surface area contributed by atoms with Crippen LogP contribution < -0.4 is 9.47 Å². The van der Waals surface area contributed by atoms with Gasteiger partial charge in [0.05, 0.1) is 0 Å². The quantitative estimate of drug-likeness (QED) is 0.670. The fourth-order valence-electron chi connectivity index (χ4n) is 3.69. The van der Waals surface area contributed by atoms with E-state index in [1.165, 1.54) is 0 Å². The van der Waals surface area contributed by atoms with Crippen LogP contribution in [0.1, 0.15) is 5.56 Å². The number of hydrogen-bond acceptors (Lipinski definition) is 6. The lowest BCUT2D eigenvalue weighted by Gasteiger charge is -2.37. The third-order valence-electron chi connectivity index (χ3n) is 5.48. The molecule has 0 spiro atoms. The molecule has 2 amide bonds. The largest absolute Gasteiger partial charge is 0.454 e. The molecule has 2 saturated heterocycles. The number of benzene rings is 1. The third kappa shape index (κ3) is 4.01. The molecule has 8 nitrogen and oxygen atoms in total. The third-order valence-corrected chi connectivity index (χ3v) is 5.48. The fraction of sp³-hybridized carbons (Fsp3) is 0.579. The fourth-order valence-corrected chi connectivity index (χ4v) is 3.69. The predicted octanol–water partition coefficient (Wildman–Crippen LogP) is -0.166. The molecule has 3 heterocycles. The van der Waals surface area contributed by atoms with Gasteiger partial charge in [-0.15, -0.1) is 0 Å². The summed E-state index contributed by atoms with van der Waals surface area (Å²) < 4.78 is 10.8. The number of carbonyl (C=O) groups excluding carboxylic acids is 2. The Kier molecular flexibility index (Phi) is 5.18. The summed E-state index contributed by atoms with van der Waals surface area (Å²) in [5, 5.41) is 0. The van der Waals surface area contributed by atoms with E-state index in [4.69, 9.17) is 9.47 Å². The van der Waals surface area contributed by atoms with Gasteiger partial charge < -0.3 is 24.2 Å². The summed E-state index contributed by atoms with van der Waals surface area (Å²) in [5.74, 6) is 0.866. The minimum Gasteiger partial charge on any atom is -0.454 e. The molecule has 0 aliphatic carbocycles. The van der Waals surface area contributed by atoms with Crippen molar-refractivity contribution in [2.75, 3.05) is 66.2 Å². The van der Waals surface area contributed by atoms with Crippen LogP contribution >= 0.6 is 0 Å². The van der Waals surface area contributed by atoms with Crippen LogP contribution in [-0.2, 0) is 16.1 Å². The molecule has 4 rings (SSSR count). The first-order valence-corrected chi connectivity index (χ1v) is 9.48. The van der Waals surface area contributed by atoms with Gasteiger partial charge in [-0.3, -0.25) is 14.5 Å². The number of ether oxygens (including phenoxy) is 2. The SMILES string of the molecule is CN1CCN(C(=O)C(=O)N2CCN(Cc3ccc4c(c3)OCO4)CC2)CC1. The number of likely N-dealkylation sites (N-methyl/N-ethyl adjacent to an activating group) is 1. The van der Waals surface area contributed by atoms with Gasteiger partial charge in [0.2, 0.25) is 6.79 Å². The number of hydrogen-bond donors (Lipinski definition) is 0. The lowest BCUT2D eigenvalue weighted by atomic mass is 10.1. The topological polar surface area (TPSA) is 65.6 Å². The Labute approximate surface area is 159 Å². The maximum absolute atomic E-state index is 12.5. The molecule has 0 radical (unpaired) electrons. The summed E-state index contributed by atoms with van der Waals surface area (Å²) in [6.07, 6.45) is 0. The molecule has 2 fully saturated rings. The van der Waals surface area contributed by atoms with Gasteiger partial charge in [0.1, 0.15) is 0 Å². The molecule has 0 bridgehead atoms. The molecule has 8 heteroatoms. The number of nitrogens with zero attached hydrogens (tertiary/aromatic N) is 4. The van der Waals surface area contributed by atoms with Gasteiger partial charge >= 0.3 is 11.8 Å². The molecular weight excluding hydrogens is 348 g/mol. The normalized spacial score (nSPS) is 20.8. The van der Waals surface area contributed by atoms with E-state index in [1.807, 2.05) is 25.2 Å². The lowest BCUT2D eigenvalue weighted by molar-refractivity contribution is -0.153. The zero-order chi connectivity index (χ0) is 18.8. The Bertz CT molecular complexity index is 710. The van der Waals surface area contributed by atoms with Crippen molar-refractivity contribution < 1.29 is 19.1 Å². The van der Waals surface area contributed by atoms with Gasteiger partial charge in [0.25, 0.3) is 0 Å². The minimum absolute atomic E-state index is 0.279. The second-order valence-electron chi connectivity index (χ2n) is 7.35. The van der Waals surface area contributed by atoms with Gasteiger partial charge in [-0.05, 0) is 24.7 Å². The van der Waals surface area contributed by atoms with Gasteiger partial charge in [-0.25, -0.2) is 0 Å². The summed E-state index contributed by atoms with van der Waals surface area (Å²) in [5.41, 5.74) is 1.16. The molecule has 146 valence electrons. The second kappa shape index (κ2) is 7.74. The van der Waals surface area contributed by atoms with Crippen molar-refractivity contribution in [3.05, 3.63) is 23.8 Å². The van der Waals surface area contributed by atoms with Gasteiger partial charge in [-0.1, -0.05) is 6.07 Å². The van der Waals surface area contributed by atoms with Crippen molar-refractivity contribution in [3.8, 4) is 11.5 Å². The van der Waals surface area contributed by atoms with Crippen molar-refractivity contribution >= 4 is 11.8 Å². The zero-order valence-electron chi connectivity index (χ0n) is 15.7. The van der Waals surface area contributed by atoms with Gasteiger partial charge in [0, 0.05) is 58.9 Å². The van der Waals surface area contributed by atoms with Crippen LogP contribution in [0.5, 0.6) is 11.5 Å². The number of fused-ring (bicyclic) bond motifs is 1. The molecule has 0 unspecified atom stereocenters. The Balaban J connectivity index is 1.27. The number of rotatable bonds is 2. The monoisotopic (exact) mass is 374 g/mol. The Hall–Kier alpha value is -2.32. The predicted molar refractivity (Wildman–Crippen MR) is 98.5 cm³/mol. The minimum atomic E-state index is -0.359. The highest BCUT2D eigenvalue weighted by molar-refractivity contribution is 6.34. The molecule has 0 aromatic heterocycles. The van der Waals surface area contributed by atoms with Crippen molar-refractivity contribution in [3.63, 3.8) is 0 Å². The van der Waals surface area contributed by atoms with E-state index in [0.29, 0.717) is 26.2 Å². The van der Waals surface area contributed by atoms with Gasteiger partial charge in [0.15, 0.2) is 11.5 Å².